The number of nitrogens with one attached hydrogen (secondary N) is 1. The van der Waals surface area contributed by atoms with Gasteiger partial charge in [-0.1, -0.05) is 19.1 Å². The number of halogens is 1. The Morgan fingerprint density at radius 2 is 1.95 bits per heavy atom. The van der Waals surface area contributed by atoms with Gasteiger partial charge in [0.25, 0.3) is 0 Å². The van der Waals surface area contributed by atoms with Gasteiger partial charge in [0.1, 0.15) is 5.75 Å². The van der Waals surface area contributed by atoms with Gasteiger partial charge in [-0.25, -0.2) is 4.39 Å². The largest absolute Gasteiger partial charge is 0.454 e. The summed E-state index contributed by atoms with van der Waals surface area (Å²) >= 11 is 0. The smallest absolute Gasteiger partial charge is 0.167 e. The van der Waals surface area contributed by atoms with Crippen LogP contribution in [-0.4, -0.2) is 6.54 Å². The van der Waals surface area contributed by atoms with Gasteiger partial charge in [-0.3, -0.25) is 0 Å². The van der Waals surface area contributed by atoms with Crippen LogP contribution in [0, 0.1) is 17.1 Å². The normalized spacial score (nSPS) is 11.7. The average molecular weight is 284 g/mol. The third kappa shape index (κ3) is 3.59. The van der Waals surface area contributed by atoms with Gasteiger partial charge in [0, 0.05) is 11.6 Å². The molecule has 108 valence electrons. The molecule has 0 saturated heterocycles. The Labute approximate surface area is 124 Å². The van der Waals surface area contributed by atoms with Gasteiger partial charge in [0.15, 0.2) is 11.6 Å². The second kappa shape index (κ2) is 6.87. The van der Waals surface area contributed by atoms with Gasteiger partial charge in [-0.2, -0.15) is 5.26 Å². The van der Waals surface area contributed by atoms with Crippen LogP contribution in [0.25, 0.3) is 0 Å². The van der Waals surface area contributed by atoms with E-state index in [-0.39, 0.29) is 11.8 Å². The fourth-order valence-electron chi connectivity index (χ4n) is 2.11. The van der Waals surface area contributed by atoms with Crippen LogP contribution in [0.1, 0.15) is 31.0 Å². The van der Waals surface area contributed by atoms with Crippen LogP contribution in [0.5, 0.6) is 11.5 Å². The minimum atomic E-state index is -0.401. The first-order chi connectivity index (χ1) is 10.2. The fourth-order valence-corrected chi connectivity index (χ4v) is 2.11. The molecule has 0 spiro atoms. The van der Waals surface area contributed by atoms with Gasteiger partial charge in [-0.15, -0.1) is 0 Å². The summed E-state index contributed by atoms with van der Waals surface area (Å²) in [6.07, 6.45) is 0. The second-order valence-corrected chi connectivity index (χ2v) is 4.68. The van der Waals surface area contributed by atoms with Crippen LogP contribution < -0.4 is 10.1 Å². The molecule has 1 atom stereocenters. The van der Waals surface area contributed by atoms with E-state index in [4.69, 9.17) is 10.00 Å². The lowest BCUT2D eigenvalue weighted by molar-refractivity contribution is 0.426. The van der Waals surface area contributed by atoms with Gasteiger partial charge >= 0.3 is 0 Å². The quantitative estimate of drug-likeness (QED) is 0.896. The highest BCUT2D eigenvalue weighted by molar-refractivity contribution is 5.42. The van der Waals surface area contributed by atoms with Crippen molar-refractivity contribution in [1.82, 2.24) is 5.32 Å². The molecular formula is C17H17FN2O. The van der Waals surface area contributed by atoms with Crippen molar-refractivity contribution in [2.24, 2.45) is 0 Å². The fraction of sp³-hybridized carbons (Fsp3) is 0.235. The molecule has 3 nitrogen and oxygen atoms in total. The monoisotopic (exact) mass is 284 g/mol. The Balaban J connectivity index is 2.31. The van der Waals surface area contributed by atoms with Gasteiger partial charge in [0.2, 0.25) is 0 Å². The Bertz CT molecular complexity index is 647. The van der Waals surface area contributed by atoms with Crippen molar-refractivity contribution < 1.29 is 9.13 Å². The molecule has 2 rings (SSSR count). The molecule has 0 saturated carbocycles. The van der Waals surface area contributed by atoms with Crippen molar-refractivity contribution in [3.63, 3.8) is 0 Å². The highest BCUT2D eigenvalue weighted by Crippen LogP contribution is 2.32. The Morgan fingerprint density at radius 3 is 2.57 bits per heavy atom. The van der Waals surface area contributed by atoms with E-state index in [1.165, 1.54) is 6.07 Å². The van der Waals surface area contributed by atoms with Crippen LogP contribution in [0.15, 0.2) is 42.5 Å². The minimum Gasteiger partial charge on any atom is -0.454 e. The minimum absolute atomic E-state index is 0.0147. The average Bonchev–Trinajstić information content (AvgIpc) is 2.50. The maximum atomic E-state index is 14.1. The third-order valence-corrected chi connectivity index (χ3v) is 3.18. The topological polar surface area (TPSA) is 45.0 Å². The van der Waals surface area contributed by atoms with Crippen molar-refractivity contribution in [2.75, 3.05) is 6.54 Å². The maximum absolute atomic E-state index is 14.1. The summed E-state index contributed by atoms with van der Waals surface area (Å²) in [7, 11) is 0. The molecule has 0 aliphatic carbocycles. The molecule has 4 heteroatoms. The summed E-state index contributed by atoms with van der Waals surface area (Å²) in [6, 6.07) is 13.5. The van der Waals surface area contributed by atoms with E-state index in [9.17, 15) is 4.39 Å². The van der Waals surface area contributed by atoms with Crippen molar-refractivity contribution in [3.05, 3.63) is 59.4 Å². The molecule has 0 heterocycles. The molecule has 0 aromatic heterocycles. The summed E-state index contributed by atoms with van der Waals surface area (Å²) in [4.78, 5) is 0. The summed E-state index contributed by atoms with van der Waals surface area (Å²) < 4.78 is 19.8. The van der Waals surface area contributed by atoms with Crippen molar-refractivity contribution in [3.8, 4) is 17.6 Å². The number of benzene rings is 2. The number of nitriles is 1. The first-order valence-corrected chi connectivity index (χ1v) is 6.85. The maximum Gasteiger partial charge on any atom is 0.167 e. The van der Waals surface area contributed by atoms with Crippen molar-refractivity contribution in [2.45, 2.75) is 19.9 Å². The number of para-hydroxylation sites is 1. The number of hydrogen-bond acceptors (Lipinski definition) is 3. The summed E-state index contributed by atoms with van der Waals surface area (Å²) in [5, 5.41) is 12.0. The number of nitrogens with zero attached hydrogens (tertiary/aromatic N) is 1. The van der Waals surface area contributed by atoms with Crippen LogP contribution in [0.4, 0.5) is 4.39 Å². The third-order valence-electron chi connectivity index (χ3n) is 3.18. The van der Waals surface area contributed by atoms with Crippen molar-refractivity contribution in [1.29, 1.82) is 5.26 Å². The van der Waals surface area contributed by atoms with E-state index in [1.54, 1.807) is 30.3 Å². The second-order valence-electron chi connectivity index (χ2n) is 4.68. The van der Waals surface area contributed by atoms with Crippen LogP contribution >= 0.6 is 0 Å². The van der Waals surface area contributed by atoms with E-state index in [0.29, 0.717) is 11.3 Å². The van der Waals surface area contributed by atoms with Crippen LogP contribution in [0.2, 0.25) is 0 Å². The first kappa shape index (κ1) is 15.0. The molecule has 0 fully saturated rings. The van der Waals surface area contributed by atoms with E-state index < -0.39 is 5.82 Å². The molecule has 2 aromatic carbocycles. The zero-order valence-corrected chi connectivity index (χ0v) is 12.1. The zero-order valence-electron chi connectivity index (χ0n) is 12.1. The van der Waals surface area contributed by atoms with Gasteiger partial charge < -0.3 is 10.1 Å². The molecule has 0 aliphatic heterocycles. The molecule has 0 aliphatic rings. The highest BCUT2D eigenvalue weighted by atomic mass is 19.1. The van der Waals surface area contributed by atoms with Crippen molar-refractivity contribution >= 4 is 0 Å². The molecule has 1 N–H and O–H groups in total. The molecule has 0 radical (unpaired) electrons. The predicted octanol–water partition coefficient (Wildman–Crippen LogP) is 4.16. The Hall–Kier alpha value is -2.38. The van der Waals surface area contributed by atoms with E-state index in [0.717, 1.165) is 12.1 Å². The molecule has 0 bridgehead atoms. The molecular weight excluding hydrogens is 267 g/mol. The highest BCUT2D eigenvalue weighted by Gasteiger charge is 2.15. The first-order valence-electron chi connectivity index (χ1n) is 6.85. The Kier molecular flexibility index (Phi) is 4.91. The predicted molar refractivity (Wildman–Crippen MR) is 79.7 cm³/mol. The SMILES string of the molecule is CCNC(C)c1cccc(F)c1Oc1ccc(C#N)cc1. The van der Waals surface area contributed by atoms with Gasteiger partial charge in [-0.05, 0) is 43.8 Å². The molecule has 21 heavy (non-hydrogen) atoms. The van der Waals surface area contributed by atoms with E-state index in [1.807, 2.05) is 26.0 Å². The number of ether oxygens (including phenoxy) is 1. The summed E-state index contributed by atoms with van der Waals surface area (Å²) in [5.41, 5.74) is 1.30. The summed E-state index contributed by atoms with van der Waals surface area (Å²) in [6.45, 7) is 4.74. The lowest BCUT2D eigenvalue weighted by atomic mass is 10.1. The number of rotatable bonds is 5. The van der Waals surface area contributed by atoms with E-state index >= 15 is 0 Å². The molecule has 2 aromatic rings. The number of hydrogen-bond donors (Lipinski definition) is 1. The molecule has 0 amide bonds. The lowest BCUT2D eigenvalue weighted by Gasteiger charge is -2.18. The summed E-state index contributed by atoms with van der Waals surface area (Å²) in [5.74, 6) is 0.321. The van der Waals surface area contributed by atoms with Gasteiger partial charge in [0.05, 0.1) is 11.6 Å². The lowest BCUT2D eigenvalue weighted by Crippen LogP contribution is -2.18. The Morgan fingerprint density at radius 1 is 1.24 bits per heavy atom. The zero-order chi connectivity index (χ0) is 15.2. The van der Waals surface area contributed by atoms with E-state index in [2.05, 4.69) is 5.32 Å². The standard InChI is InChI=1S/C17H17FN2O/c1-3-20-12(2)15-5-4-6-16(18)17(15)21-14-9-7-13(11-19)8-10-14/h4-10,12,20H,3H2,1-2H3. The van der Waals surface area contributed by atoms with Crippen LogP contribution in [-0.2, 0) is 0 Å². The molecule has 1 unspecified atom stereocenters. The van der Waals surface area contributed by atoms with Crippen LogP contribution in [0.3, 0.4) is 0 Å².